The van der Waals surface area contributed by atoms with Crippen molar-refractivity contribution in [1.29, 1.82) is 5.26 Å². The maximum atomic E-state index is 12.1. The SMILES string of the molecule is N#CC1CSCN1C(=O)CN(N)C1CCNCC1. The molecule has 0 aromatic heterocycles. The fourth-order valence-electron chi connectivity index (χ4n) is 2.31. The van der Waals surface area contributed by atoms with Gasteiger partial charge < -0.3 is 10.2 Å². The van der Waals surface area contributed by atoms with Crippen LogP contribution in [0, 0.1) is 11.3 Å². The molecule has 2 aliphatic heterocycles. The molecule has 6 nitrogen and oxygen atoms in total. The van der Waals surface area contributed by atoms with Gasteiger partial charge in [-0.25, -0.2) is 5.01 Å². The number of piperidine rings is 1. The molecule has 1 unspecified atom stereocenters. The van der Waals surface area contributed by atoms with Gasteiger partial charge in [0.25, 0.3) is 0 Å². The zero-order valence-corrected chi connectivity index (χ0v) is 11.2. The molecule has 2 saturated heterocycles. The number of hydrazine groups is 1. The Kier molecular flexibility index (Phi) is 4.83. The lowest BCUT2D eigenvalue weighted by atomic mass is 10.1. The Morgan fingerprint density at radius 1 is 1.56 bits per heavy atom. The molecule has 0 aliphatic carbocycles. The average molecular weight is 269 g/mol. The minimum atomic E-state index is -0.288. The van der Waals surface area contributed by atoms with Gasteiger partial charge in [0.15, 0.2) is 0 Å². The lowest BCUT2D eigenvalue weighted by Crippen LogP contribution is -2.52. The number of hydrogen-bond donors (Lipinski definition) is 2. The number of nitrogens with two attached hydrogens (primary N) is 1. The van der Waals surface area contributed by atoms with Crippen LogP contribution in [-0.2, 0) is 4.79 Å². The summed E-state index contributed by atoms with van der Waals surface area (Å²) in [5, 5.41) is 13.9. The first-order valence-electron chi connectivity index (χ1n) is 6.21. The molecule has 1 amide bonds. The van der Waals surface area contributed by atoms with Gasteiger partial charge in [-0.3, -0.25) is 10.6 Å². The largest absolute Gasteiger partial charge is 0.317 e. The van der Waals surface area contributed by atoms with Crippen molar-refractivity contribution in [3.63, 3.8) is 0 Å². The second-order valence-corrected chi connectivity index (χ2v) is 5.66. The fraction of sp³-hybridized carbons (Fsp3) is 0.818. The summed E-state index contributed by atoms with van der Waals surface area (Å²) in [6.45, 7) is 2.11. The molecular weight excluding hydrogens is 250 g/mol. The Balaban J connectivity index is 1.84. The summed E-state index contributed by atoms with van der Waals surface area (Å²) in [4.78, 5) is 13.7. The van der Waals surface area contributed by atoms with Crippen molar-refractivity contribution >= 4 is 17.7 Å². The van der Waals surface area contributed by atoms with Crippen LogP contribution >= 0.6 is 11.8 Å². The van der Waals surface area contributed by atoms with Gasteiger partial charge >= 0.3 is 0 Å². The lowest BCUT2D eigenvalue weighted by Gasteiger charge is -2.31. The van der Waals surface area contributed by atoms with Gasteiger partial charge in [-0.05, 0) is 25.9 Å². The molecule has 100 valence electrons. The van der Waals surface area contributed by atoms with E-state index in [0.29, 0.717) is 11.6 Å². The predicted octanol–water partition coefficient (Wildman–Crippen LogP) is -0.661. The van der Waals surface area contributed by atoms with Crippen LogP contribution in [0.25, 0.3) is 0 Å². The molecule has 0 bridgehead atoms. The first-order chi connectivity index (χ1) is 8.72. The van der Waals surface area contributed by atoms with Crippen LogP contribution in [0.15, 0.2) is 0 Å². The number of nitrogens with zero attached hydrogens (tertiary/aromatic N) is 3. The van der Waals surface area contributed by atoms with Crippen molar-refractivity contribution in [3.8, 4) is 6.07 Å². The van der Waals surface area contributed by atoms with Crippen molar-refractivity contribution < 1.29 is 4.79 Å². The van der Waals surface area contributed by atoms with Gasteiger partial charge in [-0.2, -0.15) is 5.26 Å². The van der Waals surface area contributed by atoms with Gasteiger partial charge in [0.1, 0.15) is 6.04 Å². The summed E-state index contributed by atoms with van der Waals surface area (Å²) in [5.41, 5.74) is 0. The number of carbonyl (C=O) groups is 1. The number of amides is 1. The summed E-state index contributed by atoms with van der Waals surface area (Å²) in [5.74, 6) is 7.25. The monoisotopic (exact) mass is 269 g/mol. The summed E-state index contributed by atoms with van der Waals surface area (Å²) in [6, 6.07) is 2.14. The van der Waals surface area contributed by atoms with Gasteiger partial charge in [-0.15, -0.1) is 11.8 Å². The Labute approximate surface area is 111 Å². The number of carbonyl (C=O) groups excluding carboxylic acids is 1. The van der Waals surface area contributed by atoms with Crippen LogP contribution in [0.3, 0.4) is 0 Å². The van der Waals surface area contributed by atoms with E-state index in [1.807, 2.05) is 0 Å². The van der Waals surface area contributed by atoms with Crippen LogP contribution in [0.5, 0.6) is 0 Å². The van der Waals surface area contributed by atoms with Crippen molar-refractivity contribution in [2.45, 2.75) is 24.9 Å². The molecule has 3 N–H and O–H groups in total. The molecule has 0 spiro atoms. The van der Waals surface area contributed by atoms with E-state index in [1.165, 1.54) is 0 Å². The molecule has 0 saturated carbocycles. The zero-order valence-electron chi connectivity index (χ0n) is 10.3. The predicted molar refractivity (Wildman–Crippen MR) is 70.4 cm³/mol. The zero-order chi connectivity index (χ0) is 13.0. The third kappa shape index (κ3) is 3.14. The molecule has 0 aromatic carbocycles. The van der Waals surface area contributed by atoms with Crippen molar-refractivity contribution in [1.82, 2.24) is 15.2 Å². The van der Waals surface area contributed by atoms with E-state index in [-0.39, 0.29) is 24.5 Å². The number of hydrogen-bond acceptors (Lipinski definition) is 6. The van der Waals surface area contributed by atoms with Crippen molar-refractivity contribution in [3.05, 3.63) is 0 Å². The smallest absolute Gasteiger partial charge is 0.239 e. The Hall–Kier alpha value is -0.810. The van der Waals surface area contributed by atoms with E-state index >= 15 is 0 Å². The van der Waals surface area contributed by atoms with Gasteiger partial charge in [0.2, 0.25) is 5.91 Å². The number of nitrogens with one attached hydrogen (secondary N) is 1. The standard InChI is InChI=1S/C11H19N5OS/c12-5-10-7-18-8-15(10)11(17)6-16(13)9-1-3-14-4-2-9/h9-10,14H,1-4,6-8,13H2. The quantitative estimate of drug-likeness (QED) is 0.522. The Morgan fingerprint density at radius 2 is 2.28 bits per heavy atom. The third-order valence-electron chi connectivity index (χ3n) is 3.45. The molecule has 2 rings (SSSR count). The third-order valence-corrected chi connectivity index (χ3v) is 4.46. The van der Waals surface area contributed by atoms with E-state index < -0.39 is 0 Å². The van der Waals surface area contributed by atoms with Crippen LogP contribution in [-0.4, -0.2) is 59.2 Å². The van der Waals surface area contributed by atoms with Gasteiger partial charge in [-0.1, -0.05) is 0 Å². The maximum absolute atomic E-state index is 12.1. The maximum Gasteiger partial charge on any atom is 0.239 e. The molecule has 1 atom stereocenters. The highest BCUT2D eigenvalue weighted by molar-refractivity contribution is 7.99. The van der Waals surface area contributed by atoms with Gasteiger partial charge in [0, 0.05) is 11.8 Å². The first-order valence-corrected chi connectivity index (χ1v) is 7.36. The molecule has 18 heavy (non-hydrogen) atoms. The number of rotatable bonds is 3. The summed E-state index contributed by atoms with van der Waals surface area (Å²) in [7, 11) is 0. The van der Waals surface area contributed by atoms with E-state index in [4.69, 9.17) is 11.1 Å². The van der Waals surface area contributed by atoms with E-state index in [9.17, 15) is 4.79 Å². The molecule has 7 heteroatoms. The second-order valence-electron chi connectivity index (χ2n) is 4.66. The topological polar surface area (TPSA) is 85.4 Å². The highest BCUT2D eigenvalue weighted by Crippen LogP contribution is 2.20. The van der Waals surface area contributed by atoms with Crippen LogP contribution < -0.4 is 11.2 Å². The van der Waals surface area contributed by atoms with Crippen LogP contribution in [0.2, 0.25) is 0 Å². The Bertz CT molecular complexity index is 339. The lowest BCUT2D eigenvalue weighted by molar-refractivity contribution is -0.132. The summed E-state index contributed by atoms with van der Waals surface area (Å²) < 4.78 is 0. The summed E-state index contributed by atoms with van der Waals surface area (Å²) >= 11 is 1.62. The number of nitriles is 1. The minimum Gasteiger partial charge on any atom is -0.317 e. The van der Waals surface area contributed by atoms with E-state index in [1.54, 1.807) is 21.7 Å². The highest BCUT2D eigenvalue weighted by Gasteiger charge is 2.30. The molecule has 0 radical (unpaired) electrons. The van der Waals surface area contributed by atoms with Crippen molar-refractivity contribution in [2.75, 3.05) is 31.3 Å². The molecule has 2 heterocycles. The highest BCUT2D eigenvalue weighted by atomic mass is 32.2. The second kappa shape index (κ2) is 6.38. The molecule has 2 fully saturated rings. The van der Waals surface area contributed by atoms with Crippen molar-refractivity contribution in [2.24, 2.45) is 5.84 Å². The molecule has 2 aliphatic rings. The minimum absolute atomic E-state index is 0.0346. The van der Waals surface area contributed by atoms with E-state index in [0.717, 1.165) is 25.9 Å². The average Bonchev–Trinajstić information content (AvgIpc) is 2.88. The molecular formula is C11H19N5OS. The normalized spacial score (nSPS) is 25.4. The van der Waals surface area contributed by atoms with Gasteiger partial charge in [0.05, 0.1) is 18.5 Å². The fourth-order valence-corrected chi connectivity index (χ4v) is 3.41. The first kappa shape index (κ1) is 13.6. The van der Waals surface area contributed by atoms with Crippen LogP contribution in [0.1, 0.15) is 12.8 Å². The summed E-state index contributed by atoms with van der Waals surface area (Å²) in [6.07, 6.45) is 1.94. The Morgan fingerprint density at radius 3 is 2.94 bits per heavy atom. The molecule has 0 aromatic rings. The number of thioether (sulfide) groups is 1. The van der Waals surface area contributed by atoms with Crippen LogP contribution in [0.4, 0.5) is 0 Å². The van der Waals surface area contributed by atoms with E-state index in [2.05, 4.69) is 11.4 Å².